The number of rotatable bonds is 5. The van der Waals surface area contributed by atoms with E-state index in [-0.39, 0.29) is 11.9 Å². The minimum atomic E-state index is -0.768. The zero-order chi connectivity index (χ0) is 18.6. The van der Waals surface area contributed by atoms with Crippen molar-refractivity contribution in [2.45, 2.75) is 64.4 Å². The number of carbonyl (C=O) groups excluding carboxylic acids is 1. The van der Waals surface area contributed by atoms with Crippen molar-refractivity contribution in [3.05, 3.63) is 29.8 Å². The van der Waals surface area contributed by atoms with E-state index in [0.717, 1.165) is 19.3 Å². The highest BCUT2D eigenvalue weighted by atomic mass is 16.5. The summed E-state index contributed by atoms with van der Waals surface area (Å²) in [6.45, 7) is 2.25. The molecule has 0 aromatic heterocycles. The molecule has 26 heavy (non-hydrogen) atoms. The molecule has 0 radical (unpaired) electrons. The van der Waals surface area contributed by atoms with Gasteiger partial charge in [-0.1, -0.05) is 38.3 Å². The van der Waals surface area contributed by atoms with Crippen molar-refractivity contribution in [3.63, 3.8) is 0 Å². The number of nitriles is 2. The Kier molecular flexibility index (Phi) is 5.62. The van der Waals surface area contributed by atoms with Crippen molar-refractivity contribution in [3.8, 4) is 17.9 Å². The summed E-state index contributed by atoms with van der Waals surface area (Å²) >= 11 is 0. The molecule has 1 aromatic carbocycles. The van der Waals surface area contributed by atoms with Gasteiger partial charge in [0.25, 0.3) is 0 Å². The standard InChI is InChI=1S/C22H26N2O2/c1-16-8-2-3-9-17(16)21-22(12-6-14-23,13-7-15-24)20(25)18-10-4-5-11-19(18)26-21/h4-5,10-11,16-17,21H,2-3,6-9,12-13H2,1H3. The summed E-state index contributed by atoms with van der Waals surface area (Å²) in [6.07, 6.45) is 5.85. The number of hydrogen-bond acceptors (Lipinski definition) is 4. The molecule has 1 heterocycles. The Labute approximate surface area is 155 Å². The molecule has 1 fully saturated rings. The van der Waals surface area contributed by atoms with Gasteiger partial charge >= 0.3 is 0 Å². The molecule has 0 bridgehead atoms. The number of ketones is 1. The molecule has 136 valence electrons. The van der Waals surface area contributed by atoms with Crippen LogP contribution in [0.3, 0.4) is 0 Å². The Balaban J connectivity index is 2.08. The lowest BCUT2D eigenvalue weighted by atomic mass is 9.61. The first-order valence-electron chi connectivity index (χ1n) is 9.68. The number of fused-ring (bicyclic) bond motifs is 1. The van der Waals surface area contributed by atoms with Gasteiger partial charge in [0.1, 0.15) is 11.9 Å². The summed E-state index contributed by atoms with van der Waals surface area (Å²) in [5, 5.41) is 18.4. The van der Waals surface area contributed by atoms with Crippen LogP contribution in [0.5, 0.6) is 5.75 Å². The number of benzene rings is 1. The van der Waals surface area contributed by atoms with Gasteiger partial charge in [-0.15, -0.1) is 0 Å². The molecule has 3 atom stereocenters. The first-order chi connectivity index (χ1) is 12.6. The number of ether oxygens (including phenoxy) is 1. The highest BCUT2D eigenvalue weighted by Crippen LogP contribution is 2.50. The summed E-state index contributed by atoms with van der Waals surface area (Å²) < 4.78 is 6.48. The van der Waals surface area contributed by atoms with Crippen LogP contribution in [-0.4, -0.2) is 11.9 Å². The highest BCUT2D eigenvalue weighted by molar-refractivity contribution is 6.04. The topological polar surface area (TPSA) is 73.9 Å². The molecule has 1 aliphatic heterocycles. The predicted octanol–water partition coefficient (Wildman–Crippen LogP) is 5.05. The summed E-state index contributed by atoms with van der Waals surface area (Å²) in [5.41, 5.74) is -0.168. The molecular formula is C22H26N2O2. The number of para-hydroxylation sites is 1. The van der Waals surface area contributed by atoms with Crippen LogP contribution in [0.25, 0.3) is 0 Å². The molecule has 3 rings (SSSR count). The van der Waals surface area contributed by atoms with Gasteiger partial charge in [0, 0.05) is 12.8 Å². The molecule has 1 saturated carbocycles. The lowest BCUT2D eigenvalue weighted by molar-refractivity contribution is -0.0335. The van der Waals surface area contributed by atoms with Gasteiger partial charge in [0.05, 0.1) is 23.1 Å². The van der Waals surface area contributed by atoms with Crippen molar-refractivity contribution in [1.29, 1.82) is 10.5 Å². The first-order valence-corrected chi connectivity index (χ1v) is 9.68. The van der Waals surface area contributed by atoms with E-state index in [1.807, 2.05) is 24.3 Å². The van der Waals surface area contributed by atoms with Crippen LogP contribution >= 0.6 is 0 Å². The number of carbonyl (C=O) groups is 1. The fourth-order valence-electron chi connectivity index (χ4n) is 4.89. The lowest BCUT2D eigenvalue weighted by Crippen LogP contribution is -2.54. The van der Waals surface area contributed by atoms with E-state index in [9.17, 15) is 15.3 Å². The SMILES string of the molecule is CC1CCCCC1C1Oc2ccccc2C(=O)C1(CCC#N)CCC#N. The van der Waals surface area contributed by atoms with Gasteiger partial charge in [-0.3, -0.25) is 4.79 Å². The largest absolute Gasteiger partial charge is 0.488 e. The third-order valence-electron chi connectivity index (χ3n) is 6.31. The molecule has 2 aliphatic rings. The second-order valence-electron chi connectivity index (χ2n) is 7.76. The van der Waals surface area contributed by atoms with Gasteiger partial charge in [-0.25, -0.2) is 0 Å². The monoisotopic (exact) mass is 350 g/mol. The Hall–Kier alpha value is -2.33. The molecular weight excluding hydrogens is 324 g/mol. The second kappa shape index (κ2) is 7.92. The molecule has 1 aliphatic carbocycles. The van der Waals surface area contributed by atoms with E-state index in [2.05, 4.69) is 19.1 Å². The average molecular weight is 350 g/mol. The smallest absolute Gasteiger partial charge is 0.176 e. The van der Waals surface area contributed by atoms with Crippen molar-refractivity contribution in [1.82, 2.24) is 0 Å². The Bertz CT molecular complexity index is 725. The maximum absolute atomic E-state index is 13.6. The predicted molar refractivity (Wildman–Crippen MR) is 98.4 cm³/mol. The van der Waals surface area contributed by atoms with Gasteiger partial charge in [-0.2, -0.15) is 10.5 Å². The van der Waals surface area contributed by atoms with Crippen LogP contribution < -0.4 is 4.74 Å². The average Bonchev–Trinajstić information content (AvgIpc) is 2.67. The van der Waals surface area contributed by atoms with E-state index >= 15 is 0 Å². The van der Waals surface area contributed by atoms with E-state index < -0.39 is 5.41 Å². The number of nitrogens with zero attached hydrogens (tertiary/aromatic N) is 2. The number of Topliss-reactive ketones (excluding diaryl/α,β-unsaturated/α-hetero) is 1. The van der Waals surface area contributed by atoms with Crippen LogP contribution in [0.1, 0.15) is 68.6 Å². The Morgan fingerprint density at radius 2 is 1.77 bits per heavy atom. The fraction of sp³-hybridized carbons (Fsp3) is 0.591. The third kappa shape index (κ3) is 3.21. The van der Waals surface area contributed by atoms with Crippen molar-refractivity contribution >= 4 is 5.78 Å². The maximum Gasteiger partial charge on any atom is 0.176 e. The minimum Gasteiger partial charge on any atom is -0.488 e. The fourth-order valence-corrected chi connectivity index (χ4v) is 4.89. The van der Waals surface area contributed by atoms with Crippen molar-refractivity contribution < 1.29 is 9.53 Å². The lowest BCUT2D eigenvalue weighted by Gasteiger charge is -2.48. The zero-order valence-electron chi connectivity index (χ0n) is 15.4. The zero-order valence-corrected chi connectivity index (χ0v) is 15.4. The van der Waals surface area contributed by atoms with Crippen LogP contribution in [0.15, 0.2) is 24.3 Å². The molecule has 0 saturated heterocycles. The quantitative estimate of drug-likeness (QED) is 0.744. The second-order valence-corrected chi connectivity index (χ2v) is 7.76. The summed E-state index contributed by atoms with van der Waals surface area (Å²) in [4.78, 5) is 13.6. The van der Waals surface area contributed by atoms with Crippen LogP contribution in [0.4, 0.5) is 0 Å². The normalized spacial score (nSPS) is 26.9. The Morgan fingerprint density at radius 3 is 2.42 bits per heavy atom. The minimum absolute atomic E-state index is 0.0626. The van der Waals surface area contributed by atoms with Crippen molar-refractivity contribution in [2.24, 2.45) is 17.3 Å². The van der Waals surface area contributed by atoms with E-state index in [1.54, 1.807) is 0 Å². The van der Waals surface area contributed by atoms with E-state index in [0.29, 0.717) is 48.8 Å². The van der Waals surface area contributed by atoms with Crippen LogP contribution in [0.2, 0.25) is 0 Å². The summed E-state index contributed by atoms with van der Waals surface area (Å²) in [6, 6.07) is 11.8. The van der Waals surface area contributed by atoms with Gasteiger partial charge in [0.15, 0.2) is 5.78 Å². The van der Waals surface area contributed by atoms with Gasteiger partial charge < -0.3 is 4.74 Å². The molecule has 4 nitrogen and oxygen atoms in total. The molecule has 3 unspecified atom stereocenters. The van der Waals surface area contributed by atoms with Crippen LogP contribution in [-0.2, 0) is 0 Å². The molecule has 0 N–H and O–H groups in total. The molecule has 4 heteroatoms. The van der Waals surface area contributed by atoms with Crippen molar-refractivity contribution in [2.75, 3.05) is 0 Å². The highest BCUT2D eigenvalue weighted by Gasteiger charge is 2.54. The van der Waals surface area contributed by atoms with Gasteiger partial charge in [-0.05, 0) is 43.2 Å². The van der Waals surface area contributed by atoms with E-state index in [1.165, 1.54) is 6.42 Å². The third-order valence-corrected chi connectivity index (χ3v) is 6.31. The Morgan fingerprint density at radius 1 is 1.12 bits per heavy atom. The maximum atomic E-state index is 13.6. The van der Waals surface area contributed by atoms with Gasteiger partial charge in [0.2, 0.25) is 0 Å². The molecule has 0 spiro atoms. The first kappa shape index (κ1) is 18.5. The van der Waals surface area contributed by atoms with E-state index in [4.69, 9.17) is 4.74 Å². The molecule has 1 aromatic rings. The number of hydrogen-bond donors (Lipinski definition) is 0. The van der Waals surface area contributed by atoms with Crippen LogP contribution in [0, 0.1) is 39.9 Å². The summed E-state index contributed by atoms with van der Waals surface area (Å²) in [7, 11) is 0. The summed E-state index contributed by atoms with van der Waals surface area (Å²) in [5.74, 6) is 1.49. The molecule has 0 amide bonds.